The first-order valence-electron chi connectivity index (χ1n) is 7.68. The Bertz CT molecular complexity index is 720. The van der Waals surface area contributed by atoms with Crippen molar-refractivity contribution in [3.8, 4) is 0 Å². The molecular weight excluding hydrogens is 282 g/mol. The Morgan fingerprint density at radius 3 is 3.09 bits per heavy atom. The molecule has 0 aromatic carbocycles. The van der Waals surface area contributed by atoms with Crippen LogP contribution in [0.4, 0.5) is 0 Å². The van der Waals surface area contributed by atoms with Gasteiger partial charge in [0.1, 0.15) is 0 Å². The van der Waals surface area contributed by atoms with Crippen LogP contribution in [0.5, 0.6) is 0 Å². The number of aryl methyl sites for hydroxylation is 1. The van der Waals surface area contributed by atoms with Gasteiger partial charge in [-0.05, 0) is 32.0 Å². The number of amides is 1. The standard InChI is InChI=1S/C15H21N5O2/c1-16-12-5-4-8-18(11-12)14(21)7-10-20-15(22)19-9-3-2-6-13(19)17-20/h2-3,6,9,12,16H,4-5,7-8,10-11H2,1H3. The predicted molar refractivity (Wildman–Crippen MR) is 82.7 cm³/mol. The van der Waals surface area contributed by atoms with E-state index < -0.39 is 0 Å². The van der Waals surface area contributed by atoms with Crippen molar-refractivity contribution in [3.05, 3.63) is 34.9 Å². The van der Waals surface area contributed by atoms with Gasteiger partial charge in [0.2, 0.25) is 5.91 Å². The third-order valence-corrected chi connectivity index (χ3v) is 4.21. The van der Waals surface area contributed by atoms with E-state index in [1.807, 2.05) is 18.0 Å². The van der Waals surface area contributed by atoms with Crippen LogP contribution in [-0.2, 0) is 11.3 Å². The molecule has 1 saturated heterocycles. The van der Waals surface area contributed by atoms with Gasteiger partial charge in [-0.1, -0.05) is 6.07 Å². The van der Waals surface area contributed by atoms with E-state index in [0.29, 0.717) is 24.7 Å². The minimum absolute atomic E-state index is 0.0870. The highest BCUT2D eigenvalue weighted by molar-refractivity contribution is 5.76. The Kier molecular flexibility index (Phi) is 4.24. The summed E-state index contributed by atoms with van der Waals surface area (Å²) < 4.78 is 2.86. The van der Waals surface area contributed by atoms with E-state index in [0.717, 1.165) is 25.9 Å². The van der Waals surface area contributed by atoms with E-state index in [-0.39, 0.29) is 11.6 Å². The zero-order valence-electron chi connectivity index (χ0n) is 12.7. The van der Waals surface area contributed by atoms with E-state index >= 15 is 0 Å². The van der Waals surface area contributed by atoms with Gasteiger partial charge in [-0.3, -0.25) is 9.20 Å². The minimum atomic E-state index is -0.199. The molecule has 1 aliphatic heterocycles. The van der Waals surface area contributed by atoms with Crippen molar-refractivity contribution in [1.29, 1.82) is 0 Å². The molecule has 7 heteroatoms. The number of carbonyl (C=O) groups is 1. The molecular formula is C15H21N5O2. The molecule has 1 amide bonds. The first-order valence-corrected chi connectivity index (χ1v) is 7.68. The van der Waals surface area contributed by atoms with Crippen molar-refractivity contribution >= 4 is 11.6 Å². The molecule has 118 valence electrons. The second kappa shape index (κ2) is 6.31. The number of pyridine rings is 1. The first kappa shape index (κ1) is 14.8. The highest BCUT2D eigenvalue weighted by Crippen LogP contribution is 2.11. The molecule has 22 heavy (non-hydrogen) atoms. The molecule has 3 rings (SSSR count). The fourth-order valence-corrected chi connectivity index (χ4v) is 2.91. The number of carbonyl (C=O) groups excluding carboxylic acids is 1. The van der Waals surface area contributed by atoms with Gasteiger partial charge in [0.05, 0.1) is 6.54 Å². The molecule has 2 aromatic heterocycles. The topological polar surface area (TPSA) is 71.6 Å². The second-order valence-corrected chi connectivity index (χ2v) is 5.65. The quantitative estimate of drug-likeness (QED) is 0.869. The fourth-order valence-electron chi connectivity index (χ4n) is 2.91. The Balaban J connectivity index is 1.65. The number of nitrogens with one attached hydrogen (secondary N) is 1. The van der Waals surface area contributed by atoms with Crippen LogP contribution < -0.4 is 11.0 Å². The van der Waals surface area contributed by atoms with E-state index in [1.165, 1.54) is 9.08 Å². The summed E-state index contributed by atoms with van der Waals surface area (Å²) in [6.45, 7) is 1.87. The van der Waals surface area contributed by atoms with Gasteiger partial charge in [-0.15, -0.1) is 5.10 Å². The largest absolute Gasteiger partial charge is 0.350 e. The summed E-state index contributed by atoms with van der Waals surface area (Å²) in [5.74, 6) is 0.0870. The van der Waals surface area contributed by atoms with Crippen LogP contribution in [0.15, 0.2) is 29.2 Å². The molecule has 2 aromatic rings. The Labute approximate surface area is 128 Å². The van der Waals surface area contributed by atoms with E-state index in [4.69, 9.17) is 0 Å². The third-order valence-electron chi connectivity index (χ3n) is 4.21. The highest BCUT2D eigenvalue weighted by atomic mass is 16.2. The smallest absolute Gasteiger partial charge is 0.341 e. The summed E-state index contributed by atoms with van der Waals surface area (Å²) in [4.78, 5) is 26.3. The lowest BCUT2D eigenvalue weighted by Gasteiger charge is -2.32. The average molecular weight is 303 g/mol. The molecule has 0 spiro atoms. The number of aromatic nitrogens is 3. The molecule has 7 nitrogen and oxygen atoms in total. The van der Waals surface area contributed by atoms with Crippen molar-refractivity contribution in [2.24, 2.45) is 0 Å². The molecule has 1 atom stereocenters. The van der Waals surface area contributed by atoms with Crippen molar-refractivity contribution < 1.29 is 4.79 Å². The number of hydrogen-bond donors (Lipinski definition) is 1. The van der Waals surface area contributed by atoms with Gasteiger partial charge in [-0.25, -0.2) is 9.48 Å². The molecule has 0 aliphatic carbocycles. The fraction of sp³-hybridized carbons (Fsp3) is 0.533. The Morgan fingerprint density at radius 2 is 2.32 bits per heavy atom. The predicted octanol–water partition coefficient (Wildman–Crippen LogP) is 0.0965. The Hall–Kier alpha value is -2.15. The molecule has 1 fully saturated rings. The maximum absolute atomic E-state index is 12.3. The number of rotatable bonds is 4. The van der Waals surface area contributed by atoms with Gasteiger partial charge >= 0.3 is 5.69 Å². The van der Waals surface area contributed by atoms with Crippen LogP contribution >= 0.6 is 0 Å². The summed E-state index contributed by atoms with van der Waals surface area (Å²) in [7, 11) is 1.93. The highest BCUT2D eigenvalue weighted by Gasteiger charge is 2.22. The van der Waals surface area contributed by atoms with Crippen LogP contribution in [0, 0.1) is 0 Å². The molecule has 1 aliphatic rings. The normalized spacial score (nSPS) is 18.8. The molecule has 1 N–H and O–H groups in total. The van der Waals surface area contributed by atoms with Gasteiger partial charge < -0.3 is 10.2 Å². The maximum Gasteiger partial charge on any atom is 0.350 e. The summed E-state index contributed by atoms with van der Waals surface area (Å²) >= 11 is 0. The summed E-state index contributed by atoms with van der Waals surface area (Å²) in [5, 5.41) is 7.47. The lowest BCUT2D eigenvalue weighted by molar-refractivity contribution is -0.132. The monoisotopic (exact) mass is 303 g/mol. The molecule has 0 bridgehead atoms. The Morgan fingerprint density at radius 1 is 1.45 bits per heavy atom. The summed E-state index contributed by atoms with van der Waals surface area (Å²) in [6, 6.07) is 5.78. The van der Waals surface area contributed by atoms with Crippen LogP contribution in [0.1, 0.15) is 19.3 Å². The van der Waals surface area contributed by atoms with Crippen LogP contribution in [0.3, 0.4) is 0 Å². The van der Waals surface area contributed by atoms with E-state index in [2.05, 4.69) is 10.4 Å². The maximum atomic E-state index is 12.3. The lowest BCUT2D eigenvalue weighted by atomic mass is 10.1. The number of nitrogens with zero attached hydrogens (tertiary/aromatic N) is 4. The van der Waals surface area contributed by atoms with Gasteiger partial charge in [0.25, 0.3) is 0 Å². The minimum Gasteiger partial charge on any atom is -0.341 e. The zero-order chi connectivity index (χ0) is 15.5. The van der Waals surface area contributed by atoms with Crippen molar-refractivity contribution in [3.63, 3.8) is 0 Å². The van der Waals surface area contributed by atoms with Gasteiger partial charge in [0.15, 0.2) is 5.65 Å². The van der Waals surface area contributed by atoms with Crippen molar-refractivity contribution in [2.45, 2.75) is 31.8 Å². The van der Waals surface area contributed by atoms with Crippen molar-refractivity contribution in [2.75, 3.05) is 20.1 Å². The van der Waals surface area contributed by atoms with Crippen LogP contribution in [0.2, 0.25) is 0 Å². The number of hydrogen-bond acceptors (Lipinski definition) is 4. The molecule has 0 radical (unpaired) electrons. The zero-order valence-corrected chi connectivity index (χ0v) is 12.7. The average Bonchev–Trinajstić information content (AvgIpc) is 2.89. The van der Waals surface area contributed by atoms with Gasteiger partial charge in [0, 0.05) is 31.7 Å². The second-order valence-electron chi connectivity index (χ2n) is 5.65. The van der Waals surface area contributed by atoms with E-state index in [9.17, 15) is 9.59 Å². The number of likely N-dealkylation sites (N-methyl/N-ethyl adjacent to an activating group) is 1. The summed E-state index contributed by atoms with van der Waals surface area (Å²) in [6.07, 6.45) is 4.11. The molecule has 3 heterocycles. The molecule has 0 saturated carbocycles. The van der Waals surface area contributed by atoms with Gasteiger partial charge in [-0.2, -0.15) is 0 Å². The van der Waals surface area contributed by atoms with E-state index in [1.54, 1.807) is 18.3 Å². The van der Waals surface area contributed by atoms with Crippen molar-refractivity contribution in [1.82, 2.24) is 24.4 Å². The number of fused-ring (bicyclic) bond motifs is 1. The lowest BCUT2D eigenvalue weighted by Crippen LogP contribution is -2.47. The number of piperidine rings is 1. The van der Waals surface area contributed by atoms with Crippen LogP contribution in [-0.4, -0.2) is 51.2 Å². The first-order chi connectivity index (χ1) is 10.7. The third kappa shape index (κ3) is 2.89. The van der Waals surface area contributed by atoms with Crippen LogP contribution in [0.25, 0.3) is 5.65 Å². The SMILES string of the molecule is CNC1CCCN(C(=O)CCn2nc3ccccn3c2=O)C1. The summed E-state index contributed by atoms with van der Waals surface area (Å²) in [5.41, 5.74) is 0.406. The molecule has 1 unspecified atom stereocenters. The number of likely N-dealkylation sites (tertiary alicyclic amines) is 1.